The minimum absolute atomic E-state index is 0.225. The van der Waals surface area contributed by atoms with E-state index in [1.165, 1.54) is 0 Å². The van der Waals surface area contributed by atoms with Crippen LogP contribution >= 0.6 is 0 Å². The molecule has 0 saturated carbocycles. The molecule has 6 heteroatoms. The Hall–Kier alpha value is -1.89. The van der Waals surface area contributed by atoms with E-state index in [2.05, 4.69) is 11.2 Å². The van der Waals surface area contributed by atoms with Crippen LogP contribution in [0.5, 0.6) is 5.75 Å². The molecule has 120 valence electrons. The van der Waals surface area contributed by atoms with Crippen molar-refractivity contribution in [1.82, 2.24) is 14.7 Å². The molecule has 0 aliphatic carbocycles. The van der Waals surface area contributed by atoms with Crippen molar-refractivity contribution in [3.8, 4) is 5.75 Å². The van der Waals surface area contributed by atoms with Gasteiger partial charge in [0.15, 0.2) is 0 Å². The number of likely N-dealkylation sites (N-methyl/N-ethyl adjacent to an activating group) is 1. The van der Waals surface area contributed by atoms with Crippen molar-refractivity contribution in [3.63, 3.8) is 0 Å². The highest BCUT2D eigenvalue weighted by atomic mass is 16.5. The maximum atomic E-state index is 9.49. The lowest BCUT2D eigenvalue weighted by Crippen LogP contribution is -2.31. The second-order valence-corrected chi connectivity index (χ2v) is 5.38. The van der Waals surface area contributed by atoms with Gasteiger partial charge >= 0.3 is 0 Å². The molecule has 1 unspecified atom stereocenters. The molecular weight excluding hydrogens is 282 g/mol. The van der Waals surface area contributed by atoms with Gasteiger partial charge in [0.1, 0.15) is 5.75 Å². The van der Waals surface area contributed by atoms with Crippen LogP contribution in [0.2, 0.25) is 0 Å². The maximum absolute atomic E-state index is 9.49. The first-order valence-electron chi connectivity index (χ1n) is 7.23. The Morgan fingerprint density at radius 3 is 2.86 bits per heavy atom. The molecule has 6 nitrogen and oxygen atoms in total. The Balaban J connectivity index is 2.09. The first-order valence-corrected chi connectivity index (χ1v) is 7.23. The van der Waals surface area contributed by atoms with Crippen molar-refractivity contribution in [2.45, 2.75) is 19.2 Å². The number of aliphatic hydroxyl groups excluding tert-OH is 2. The lowest BCUT2D eigenvalue weighted by atomic mass is 10.1. The van der Waals surface area contributed by atoms with Crippen LogP contribution in [0.4, 0.5) is 0 Å². The van der Waals surface area contributed by atoms with Gasteiger partial charge in [-0.15, -0.1) is 0 Å². The zero-order valence-corrected chi connectivity index (χ0v) is 13.0. The molecule has 0 radical (unpaired) electrons. The molecule has 0 aliphatic rings. The fourth-order valence-electron chi connectivity index (χ4n) is 2.42. The lowest BCUT2D eigenvalue weighted by Gasteiger charge is -2.20. The Morgan fingerprint density at radius 1 is 1.41 bits per heavy atom. The number of aromatic nitrogens is 2. The summed E-state index contributed by atoms with van der Waals surface area (Å²) in [7, 11) is 3.57. The molecule has 0 bridgehead atoms. The fraction of sp³-hybridized carbons (Fsp3) is 0.438. The first-order chi connectivity index (χ1) is 10.6. The second-order valence-electron chi connectivity index (χ2n) is 5.38. The van der Waals surface area contributed by atoms with Gasteiger partial charge < -0.3 is 14.9 Å². The number of aliphatic hydroxyl groups is 2. The van der Waals surface area contributed by atoms with Crippen LogP contribution < -0.4 is 4.74 Å². The Bertz CT molecular complexity index is 572. The molecule has 0 amide bonds. The third-order valence-corrected chi connectivity index (χ3v) is 3.42. The average molecular weight is 305 g/mol. The van der Waals surface area contributed by atoms with Gasteiger partial charge in [0.05, 0.1) is 26.4 Å². The van der Waals surface area contributed by atoms with E-state index in [9.17, 15) is 5.11 Å². The summed E-state index contributed by atoms with van der Waals surface area (Å²) in [5.41, 5.74) is 2.18. The average Bonchev–Trinajstić information content (AvgIpc) is 3.00. The summed E-state index contributed by atoms with van der Waals surface area (Å²) in [6, 6.07) is 7.93. The molecule has 0 fully saturated rings. The molecule has 22 heavy (non-hydrogen) atoms. The van der Waals surface area contributed by atoms with Gasteiger partial charge in [0.25, 0.3) is 0 Å². The van der Waals surface area contributed by atoms with Crippen molar-refractivity contribution in [2.24, 2.45) is 0 Å². The molecule has 1 heterocycles. The number of methoxy groups -OCH3 is 1. The van der Waals surface area contributed by atoms with Crippen molar-refractivity contribution in [1.29, 1.82) is 0 Å². The van der Waals surface area contributed by atoms with Gasteiger partial charge in [0, 0.05) is 31.0 Å². The summed E-state index contributed by atoms with van der Waals surface area (Å²) >= 11 is 0. The van der Waals surface area contributed by atoms with E-state index in [0.717, 1.165) is 16.9 Å². The SMILES string of the molecule is COc1ccc(CN(C)CC(O)CO)cc1Cn1cccn1. The zero-order chi connectivity index (χ0) is 15.9. The summed E-state index contributed by atoms with van der Waals surface area (Å²) in [6.07, 6.45) is 2.95. The van der Waals surface area contributed by atoms with E-state index in [4.69, 9.17) is 9.84 Å². The summed E-state index contributed by atoms with van der Waals surface area (Å²) in [5, 5.41) is 22.6. The molecule has 0 aliphatic heterocycles. The largest absolute Gasteiger partial charge is 0.496 e. The van der Waals surface area contributed by atoms with Gasteiger partial charge in [-0.2, -0.15) is 5.10 Å². The molecule has 2 aromatic rings. The highest BCUT2D eigenvalue weighted by molar-refractivity contribution is 5.37. The Kier molecular flexibility index (Phi) is 5.94. The number of hydrogen-bond donors (Lipinski definition) is 2. The molecule has 1 atom stereocenters. The number of hydrogen-bond acceptors (Lipinski definition) is 5. The van der Waals surface area contributed by atoms with Gasteiger partial charge in [-0.3, -0.25) is 9.58 Å². The Morgan fingerprint density at radius 2 is 2.23 bits per heavy atom. The zero-order valence-electron chi connectivity index (χ0n) is 13.0. The van der Waals surface area contributed by atoms with Crippen molar-refractivity contribution >= 4 is 0 Å². The lowest BCUT2D eigenvalue weighted by molar-refractivity contribution is 0.0648. The number of benzene rings is 1. The monoisotopic (exact) mass is 305 g/mol. The summed E-state index contributed by atoms with van der Waals surface area (Å²) in [4.78, 5) is 1.97. The summed E-state index contributed by atoms with van der Waals surface area (Å²) < 4.78 is 7.26. The fourth-order valence-corrected chi connectivity index (χ4v) is 2.42. The molecule has 1 aromatic carbocycles. The third-order valence-electron chi connectivity index (χ3n) is 3.42. The quantitative estimate of drug-likeness (QED) is 0.752. The number of ether oxygens (including phenoxy) is 1. The summed E-state index contributed by atoms with van der Waals surface area (Å²) in [5.74, 6) is 0.831. The van der Waals surface area contributed by atoms with Crippen LogP contribution in [0.25, 0.3) is 0 Å². The minimum atomic E-state index is -0.716. The van der Waals surface area contributed by atoms with E-state index < -0.39 is 6.10 Å². The van der Waals surface area contributed by atoms with Gasteiger partial charge in [-0.25, -0.2) is 0 Å². The molecule has 0 saturated heterocycles. The van der Waals surface area contributed by atoms with Crippen LogP contribution in [0.15, 0.2) is 36.7 Å². The minimum Gasteiger partial charge on any atom is -0.496 e. The van der Waals surface area contributed by atoms with Crippen LogP contribution in [-0.4, -0.2) is 58.3 Å². The molecule has 2 rings (SSSR count). The van der Waals surface area contributed by atoms with Gasteiger partial charge in [-0.1, -0.05) is 6.07 Å². The molecule has 2 N–H and O–H groups in total. The van der Waals surface area contributed by atoms with Gasteiger partial charge in [0.2, 0.25) is 0 Å². The highest BCUT2D eigenvalue weighted by Gasteiger charge is 2.10. The molecular formula is C16H23N3O3. The van der Waals surface area contributed by atoms with Crippen LogP contribution in [0.3, 0.4) is 0 Å². The normalized spacial score (nSPS) is 12.6. The predicted molar refractivity (Wildman–Crippen MR) is 83.7 cm³/mol. The van der Waals surface area contributed by atoms with E-state index in [-0.39, 0.29) is 6.61 Å². The topological polar surface area (TPSA) is 70.8 Å². The predicted octanol–water partition coefficient (Wildman–Crippen LogP) is 0.725. The third kappa shape index (κ3) is 4.56. The standard InChI is InChI=1S/C16H23N3O3/c1-18(11-15(21)12-20)9-13-4-5-16(22-2)14(8-13)10-19-7-3-6-17-19/h3-8,15,20-21H,9-12H2,1-2H3. The van der Waals surface area contributed by atoms with E-state index in [1.807, 2.05) is 41.0 Å². The van der Waals surface area contributed by atoms with Crippen molar-refractivity contribution in [3.05, 3.63) is 47.8 Å². The molecule has 1 aromatic heterocycles. The Labute approximate surface area is 130 Å². The number of rotatable bonds is 8. The van der Waals surface area contributed by atoms with E-state index in [1.54, 1.807) is 13.3 Å². The highest BCUT2D eigenvalue weighted by Crippen LogP contribution is 2.21. The maximum Gasteiger partial charge on any atom is 0.123 e. The summed E-state index contributed by atoms with van der Waals surface area (Å²) in [6.45, 7) is 1.54. The van der Waals surface area contributed by atoms with E-state index >= 15 is 0 Å². The van der Waals surface area contributed by atoms with Crippen LogP contribution in [0, 0.1) is 0 Å². The van der Waals surface area contributed by atoms with Crippen LogP contribution in [0.1, 0.15) is 11.1 Å². The molecule has 0 spiro atoms. The van der Waals surface area contributed by atoms with Crippen LogP contribution in [-0.2, 0) is 13.1 Å². The second kappa shape index (κ2) is 7.93. The van der Waals surface area contributed by atoms with E-state index in [0.29, 0.717) is 19.6 Å². The first kappa shape index (κ1) is 16.5. The number of nitrogens with zero attached hydrogens (tertiary/aromatic N) is 3. The van der Waals surface area contributed by atoms with Crippen molar-refractivity contribution in [2.75, 3.05) is 27.3 Å². The smallest absolute Gasteiger partial charge is 0.123 e. The van der Waals surface area contributed by atoms with Crippen molar-refractivity contribution < 1.29 is 14.9 Å². The van der Waals surface area contributed by atoms with Gasteiger partial charge in [-0.05, 0) is 30.8 Å².